The van der Waals surface area contributed by atoms with E-state index >= 15 is 0 Å². The highest BCUT2D eigenvalue weighted by molar-refractivity contribution is 6.32. The first-order chi connectivity index (χ1) is 17.2. The number of hydrogen-bond acceptors (Lipinski definition) is 7. The van der Waals surface area contributed by atoms with Gasteiger partial charge in [-0.05, 0) is 30.7 Å². The van der Waals surface area contributed by atoms with Crippen molar-refractivity contribution in [1.82, 2.24) is 14.9 Å². The first-order valence-electron chi connectivity index (χ1n) is 11.0. The Morgan fingerprint density at radius 1 is 1.19 bits per heavy atom. The van der Waals surface area contributed by atoms with Crippen LogP contribution in [0, 0.1) is 23.2 Å². The summed E-state index contributed by atoms with van der Waals surface area (Å²) in [5.41, 5.74) is 1.53. The van der Waals surface area contributed by atoms with E-state index in [4.69, 9.17) is 26.3 Å². The van der Waals surface area contributed by atoms with E-state index in [2.05, 4.69) is 15.3 Å². The summed E-state index contributed by atoms with van der Waals surface area (Å²) in [6.45, 7) is -0.0183. The molecule has 5 rings (SSSR count). The normalized spacial score (nSPS) is 20.9. The molecule has 8 nitrogen and oxygen atoms in total. The van der Waals surface area contributed by atoms with Gasteiger partial charge in [-0.25, -0.2) is 9.97 Å². The molecule has 2 bridgehead atoms. The van der Waals surface area contributed by atoms with Crippen molar-refractivity contribution in [3.63, 3.8) is 0 Å². The van der Waals surface area contributed by atoms with E-state index in [1.807, 2.05) is 6.07 Å². The highest BCUT2D eigenvalue weighted by Gasteiger charge is 2.53. The van der Waals surface area contributed by atoms with Gasteiger partial charge in [0, 0.05) is 42.1 Å². The summed E-state index contributed by atoms with van der Waals surface area (Å²) >= 11 is 6.14. The minimum atomic E-state index is -4.88. The van der Waals surface area contributed by atoms with E-state index in [1.165, 1.54) is 13.4 Å². The number of nitriles is 1. The standard InChI is InChI=1S/C24H19ClF3N5O3/c1-35-19-7-18-16(22(31-11-30-18)32-15-3-2-12(8-29)17(25)5-15)6-20(19)36-21-13-4-14(21)10-33(9-13)23(34)24(26,27)28/h2-3,5-7,11,13-14,21H,4,9-10H2,1H3,(H,30,31,32)/t13-,14+,21?. The van der Waals surface area contributed by atoms with Crippen molar-refractivity contribution in [3.8, 4) is 17.6 Å². The van der Waals surface area contributed by atoms with Crippen molar-refractivity contribution in [3.05, 3.63) is 47.2 Å². The number of aromatic nitrogens is 2. The number of benzene rings is 2. The molecule has 36 heavy (non-hydrogen) atoms. The Bertz CT molecular complexity index is 1380. The van der Waals surface area contributed by atoms with Gasteiger partial charge in [0.2, 0.25) is 0 Å². The number of ether oxygens (including phenoxy) is 2. The molecule has 2 aliphatic rings. The number of methoxy groups -OCH3 is 1. The quantitative estimate of drug-likeness (QED) is 0.524. The number of hydrogen-bond donors (Lipinski definition) is 1. The minimum Gasteiger partial charge on any atom is -0.493 e. The van der Waals surface area contributed by atoms with Crippen molar-refractivity contribution in [2.24, 2.45) is 11.8 Å². The van der Waals surface area contributed by atoms with Crippen LogP contribution >= 0.6 is 11.6 Å². The Balaban J connectivity index is 1.40. The summed E-state index contributed by atoms with van der Waals surface area (Å²) in [5, 5.41) is 13.2. The summed E-state index contributed by atoms with van der Waals surface area (Å²) in [6.07, 6.45) is -3.15. The molecule has 3 atom stereocenters. The third-order valence-electron chi connectivity index (χ3n) is 6.51. The second-order valence-electron chi connectivity index (χ2n) is 8.72. The third kappa shape index (κ3) is 4.33. The molecule has 0 spiro atoms. The molecular formula is C24H19ClF3N5O3. The molecule has 2 aromatic carbocycles. The first kappa shape index (κ1) is 23.9. The van der Waals surface area contributed by atoms with E-state index in [-0.39, 0.29) is 31.0 Å². The van der Waals surface area contributed by atoms with Gasteiger partial charge < -0.3 is 19.7 Å². The smallest absolute Gasteiger partial charge is 0.471 e. The predicted molar refractivity (Wildman–Crippen MR) is 124 cm³/mol. The lowest BCUT2D eigenvalue weighted by Gasteiger charge is -2.52. The van der Waals surface area contributed by atoms with Crippen LogP contribution < -0.4 is 14.8 Å². The zero-order chi connectivity index (χ0) is 25.6. The Labute approximate surface area is 208 Å². The molecule has 1 unspecified atom stereocenters. The molecular weight excluding hydrogens is 499 g/mol. The number of nitrogens with one attached hydrogen (secondary N) is 1. The van der Waals surface area contributed by atoms with Crippen LogP contribution in [-0.4, -0.2) is 53.3 Å². The van der Waals surface area contributed by atoms with Crippen molar-refractivity contribution in [2.45, 2.75) is 18.7 Å². The summed E-state index contributed by atoms with van der Waals surface area (Å²) in [7, 11) is 1.48. The zero-order valence-corrected chi connectivity index (χ0v) is 19.6. The number of piperidine rings is 2. The Morgan fingerprint density at radius 2 is 1.94 bits per heavy atom. The number of nitrogens with zero attached hydrogens (tertiary/aromatic N) is 4. The van der Waals surface area contributed by atoms with Gasteiger partial charge >= 0.3 is 12.1 Å². The largest absolute Gasteiger partial charge is 0.493 e. The number of fused-ring (bicyclic) bond motifs is 3. The Kier molecular flexibility index (Phi) is 6.00. The lowest BCUT2D eigenvalue weighted by molar-refractivity contribution is -0.196. The molecule has 1 aliphatic heterocycles. The van der Waals surface area contributed by atoms with E-state index in [1.54, 1.807) is 30.3 Å². The number of halogens is 4. The molecule has 1 N–H and O–H groups in total. The number of rotatable bonds is 5. The average molecular weight is 518 g/mol. The van der Waals surface area contributed by atoms with Gasteiger partial charge in [0.15, 0.2) is 11.5 Å². The van der Waals surface area contributed by atoms with Crippen LogP contribution in [0.4, 0.5) is 24.7 Å². The monoisotopic (exact) mass is 517 g/mol. The van der Waals surface area contributed by atoms with Crippen LogP contribution in [0.25, 0.3) is 10.9 Å². The maximum Gasteiger partial charge on any atom is 0.471 e. The molecule has 1 saturated heterocycles. The number of alkyl halides is 3. The Hall–Kier alpha value is -3.78. The summed E-state index contributed by atoms with van der Waals surface area (Å²) in [5.74, 6) is -0.946. The number of amides is 1. The van der Waals surface area contributed by atoms with Crippen LogP contribution in [0.5, 0.6) is 11.5 Å². The second kappa shape index (κ2) is 9.02. The number of anilines is 2. The zero-order valence-electron chi connectivity index (χ0n) is 18.8. The Morgan fingerprint density at radius 3 is 2.58 bits per heavy atom. The van der Waals surface area contributed by atoms with Gasteiger partial charge in [-0.3, -0.25) is 4.79 Å². The van der Waals surface area contributed by atoms with Gasteiger partial charge in [-0.1, -0.05) is 11.6 Å². The van der Waals surface area contributed by atoms with Crippen LogP contribution in [0.2, 0.25) is 5.02 Å². The molecule has 2 heterocycles. The van der Waals surface area contributed by atoms with Crippen molar-refractivity contribution in [1.29, 1.82) is 5.26 Å². The number of likely N-dealkylation sites (tertiary alicyclic amines) is 1. The highest BCUT2D eigenvalue weighted by atomic mass is 35.5. The maximum absolute atomic E-state index is 12.8. The SMILES string of the molecule is COc1cc2ncnc(Nc3ccc(C#N)c(Cl)c3)c2cc1OC1[C@@H]2C[C@H]1CN(C(=O)C(F)(F)F)C2. The van der Waals surface area contributed by atoms with E-state index in [9.17, 15) is 18.0 Å². The lowest BCUT2D eigenvalue weighted by atomic mass is 9.68. The van der Waals surface area contributed by atoms with Crippen molar-refractivity contribution < 1.29 is 27.4 Å². The summed E-state index contributed by atoms with van der Waals surface area (Å²) < 4.78 is 50.2. The molecule has 1 amide bonds. The van der Waals surface area contributed by atoms with Gasteiger partial charge in [-0.2, -0.15) is 18.4 Å². The highest BCUT2D eigenvalue weighted by Crippen LogP contribution is 2.45. The molecule has 1 aromatic heterocycles. The van der Waals surface area contributed by atoms with Gasteiger partial charge in [-0.15, -0.1) is 0 Å². The molecule has 2 fully saturated rings. The van der Waals surface area contributed by atoms with E-state index in [0.29, 0.717) is 50.9 Å². The molecule has 3 aromatic rings. The van der Waals surface area contributed by atoms with E-state index in [0.717, 1.165) is 4.90 Å². The fourth-order valence-corrected chi connectivity index (χ4v) is 4.99. The third-order valence-corrected chi connectivity index (χ3v) is 6.82. The first-order valence-corrected chi connectivity index (χ1v) is 11.4. The van der Waals surface area contributed by atoms with Gasteiger partial charge in [0.1, 0.15) is 24.3 Å². The van der Waals surface area contributed by atoms with Gasteiger partial charge in [0.05, 0.1) is 23.2 Å². The molecule has 186 valence electrons. The predicted octanol–water partition coefficient (Wildman–Crippen LogP) is 4.70. The second-order valence-corrected chi connectivity index (χ2v) is 9.13. The number of carbonyl (C=O) groups excluding carboxylic acids is 1. The van der Waals surface area contributed by atoms with Gasteiger partial charge in [0.25, 0.3) is 0 Å². The van der Waals surface area contributed by atoms with E-state index < -0.39 is 12.1 Å². The topological polar surface area (TPSA) is 100 Å². The molecule has 1 aliphatic carbocycles. The molecule has 12 heteroatoms. The fraction of sp³-hybridized carbons (Fsp3) is 0.333. The number of carbonyl (C=O) groups is 1. The molecule has 0 radical (unpaired) electrons. The summed E-state index contributed by atoms with van der Waals surface area (Å²) in [6, 6.07) is 10.3. The minimum absolute atomic E-state index is 0.00915. The van der Waals surface area contributed by atoms with Crippen LogP contribution in [0.3, 0.4) is 0 Å². The fourth-order valence-electron chi connectivity index (χ4n) is 4.76. The lowest BCUT2D eigenvalue weighted by Crippen LogP contribution is -2.63. The van der Waals surface area contributed by atoms with Crippen molar-refractivity contribution in [2.75, 3.05) is 25.5 Å². The average Bonchev–Trinajstić information content (AvgIpc) is 2.86. The van der Waals surface area contributed by atoms with Crippen LogP contribution in [0.1, 0.15) is 12.0 Å². The van der Waals surface area contributed by atoms with Crippen LogP contribution in [0.15, 0.2) is 36.7 Å². The van der Waals surface area contributed by atoms with Crippen LogP contribution in [-0.2, 0) is 4.79 Å². The summed E-state index contributed by atoms with van der Waals surface area (Å²) in [4.78, 5) is 21.1. The van der Waals surface area contributed by atoms with Crippen molar-refractivity contribution >= 4 is 39.9 Å². The molecule has 1 saturated carbocycles. The maximum atomic E-state index is 12.8.